The lowest BCUT2D eigenvalue weighted by molar-refractivity contribution is 0.347. The van der Waals surface area contributed by atoms with Crippen LogP contribution in [0, 0.1) is 6.92 Å². The molecular weight excluding hydrogens is 343 g/mol. The minimum atomic E-state index is -0.672. The summed E-state index contributed by atoms with van der Waals surface area (Å²) in [7, 11) is 0. The summed E-state index contributed by atoms with van der Waals surface area (Å²) in [4.78, 5) is 14.3. The maximum absolute atomic E-state index is 13.3. The lowest BCUT2D eigenvalue weighted by atomic mass is 10.0. The highest BCUT2D eigenvalue weighted by atomic mass is 19.1. The van der Waals surface area contributed by atoms with E-state index in [1.807, 2.05) is 0 Å². The first kappa shape index (κ1) is 18.9. The molecule has 4 rings (SSSR count). The van der Waals surface area contributed by atoms with E-state index in [1.165, 1.54) is 19.3 Å². The molecule has 3 saturated heterocycles. The zero-order valence-electron chi connectivity index (χ0n) is 16.5. The molecule has 0 amide bonds. The smallest absolute Gasteiger partial charge is 0.227 e. The van der Waals surface area contributed by atoms with Crippen LogP contribution in [0.2, 0.25) is 0 Å². The van der Waals surface area contributed by atoms with Crippen LogP contribution in [-0.2, 0) is 0 Å². The van der Waals surface area contributed by atoms with Gasteiger partial charge in [-0.25, -0.2) is 9.37 Å². The van der Waals surface area contributed by atoms with Crippen molar-refractivity contribution >= 4 is 11.8 Å². The number of alkyl halides is 1. The predicted molar refractivity (Wildman–Crippen MR) is 107 cm³/mol. The monoisotopic (exact) mass is 376 g/mol. The molecule has 3 aliphatic rings. The molecule has 2 N–H and O–H groups in total. The Bertz CT molecular complexity index is 612. The summed E-state index contributed by atoms with van der Waals surface area (Å²) in [6.45, 7) is 7.62. The zero-order valence-corrected chi connectivity index (χ0v) is 16.5. The number of anilines is 2. The Morgan fingerprint density at radius 3 is 2.59 bits per heavy atom. The van der Waals surface area contributed by atoms with Crippen LogP contribution in [0.3, 0.4) is 0 Å². The molecule has 0 saturated carbocycles. The van der Waals surface area contributed by atoms with Crippen LogP contribution in [0.15, 0.2) is 6.07 Å². The average molecular weight is 377 g/mol. The lowest BCUT2D eigenvalue weighted by Crippen LogP contribution is -2.46. The van der Waals surface area contributed by atoms with Crippen LogP contribution in [0.4, 0.5) is 16.2 Å². The number of rotatable bonds is 5. The van der Waals surface area contributed by atoms with Crippen LogP contribution in [0.5, 0.6) is 0 Å². The third-order valence-corrected chi connectivity index (χ3v) is 6.11. The molecule has 0 bridgehead atoms. The second kappa shape index (κ2) is 8.69. The van der Waals surface area contributed by atoms with E-state index >= 15 is 0 Å². The molecule has 1 aromatic heterocycles. The summed E-state index contributed by atoms with van der Waals surface area (Å²) in [6.07, 6.45) is 5.98. The van der Waals surface area contributed by atoms with E-state index in [9.17, 15) is 4.39 Å². The largest absolute Gasteiger partial charge is 0.356 e. The first-order valence-electron chi connectivity index (χ1n) is 10.6. The van der Waals surface area contributed by atoms with Crippen molar-refractivity contribution < 1.29 is 4.39 Å². The van der Waals surface area contributed by atoms with Gasteiger partial charge in [0.25, 0.3) is 0 Å². The summed E-state index contributed by atoms with van der Waals surface area (Å²) in [5, 5.41) is 6.89. The van der Waals surface area contributed by atoms with Crippen LogP contribution >= 0.6 is 0 Å². The number of piperidine rings is 2. The molecule has 0 radical (unpaired) electrons. The highest BCUT2D eigenvalue weighted by Crippen LogP contribution is 2.23. The van der Waals surface area contributed by atoms with Gasteiger partial charge in [-0.05, 0) is 45.4 Å². The molecule has 2 atom stereocenters. The summed E-state index contributed by atoms with van der Waals surface area (Å²) >= 11 is 0. The highest BCUT2D eigenvalue weighted by molar-refractivity contribution is 5.46. The van der Waals surface area contributed by atoms with E-state index < -0.39 is 6.17 Å². The van der Waals surface area contributed by atoms with Gasteiger partial charge >= 0.3 is 0 Å². The maximum Gasteiger partial charge on any atom is 0.227 e. The minimum Gasteiger partial charge on any atom is -0.356 e. The fourth-order valence-corrected chi connectivity index (χ4v) is 4.48. The van der Waals surface area contributed by atoms with Crippen LogP contribution in [0.1, 0.15) is 44.2 Å². The standard InChI is InChI=1S/C20H33FN6/c1-15-11-19(25-20(24-15)27-7-3-2-4-8-27)26-9-5-17(6-10-26)23-14-18-12-16(21)13-22-18/h11,16-18,22-23H,2-10,12-14H2,1H3/t16-,18-/m0/s1. The fourth-order valence-electron chi connectivity index (χ4n) is 4.48. The van der Waals surface area contributed by atoms with Crippen LogP contribution in [0.25, 0.3) is 0 Å². The molecule has 6 nitrogen and oxygen atoms in total. The van der Waals surface area contributed by atoms with Gasteiger partial charge < -0.3 is 20.4 Å². The topological polar surface area (TPSA) is 56.3 Å². The van der Waals surface area contributed by atoms with Crippen molar-refractivity contribution in [1.29, 1.82) is 0 Å². The van der Waals surface area contributed by atoms with Crippen molar-refractivity contribution in [2.75, 3.05) is 49.1 Å². The van der Waals surface area contributed by atoms with Crippen molar-refractivity contribution in [2.45, 2.75) is 63.7 Å². The Balaban J connectivity index is 1.30. The van der Waals surface area contributed by atoms with Gasteiger partial charge in [0.15, 0.2) is 0 Å². The first-order chi connectivity index (χ1) is 13.2. The molecule has 4 heterocycles. The number of aryl methyl sites for hydroxylation is 1. The molecule has 27 heavy (non-hydrogen) atoms. The van der Waals surface area contributed by atoms with Crippen LogP contribution < -0.4 is 20.4 Å². The SMILES string of the molecule is Cc1cc(N2CCC(NC[C@@H]3C[C@H](F)CN3)CC2)nc(N2CCCCC2)n1. The van der Waals surface area contributed by atoms with Gasteiger partial charge in [0.1, 0.15) is 12.0 Å². The molecule has 3 aliphatic heterocycles. The molecule has 0 spiro atoms. The molecule has 3 fully saturated rings. The molecule has 150 valence electrons. The van der Waals surface area contributed by atoms with E-state index in [0.29, 0.717) is 19.0 Å². The van der Waals surface area contributed by atoms with E-state index in [2.05, 4.69) is 38.4 Å². The number of nitrogens with one attached hydrogen (secondary N) is 2. The van der Waals surface area contributed by atoms with E-state index in [-0.39, 0.29) is 6.04 Å². The van der Waals surface area contributed by atoms with Gasteiger partial charge in [-0.2, -0.15) is 4.98 Å². The third kappa shape index (κ3) is 4.88. The molecule has 7 heteroatoms. The Morgan fingerprint density at radius 1 is 1.11 bits per heavy atom. The van der Waals surface area contributed by atoms with Gasteiger partial charge in [-0.15, -0.1) is 0 Å². The quantitative estimate of drug-likeness (QED) is 0.820. The normalized spacial score (nSPS) is 27.3. The summed E-state index contributed by atoms with van der Waals surface area (Å²) in [6, 6.07) is 2.92. The minimum absolute atomic E-state index is 0.287. The summed E-state index contributed by atoms with van der Waals surface area (Å²) in [5.41, 5.74) is 1.05. The van der Waals surface area contributed by atoms with Crippen molar-refractivity contribution in [2.24, 2.45) is 0 Å². The Morgan fingerprint density at radius 2 is 1.89 bits per heavy atom. The first-order valence-corrected chi connectivity index (χ1v) is 10.6. The van der Waals surface area contributed by atoms with Gasteiger partial charge in [0, 0.05) is 63.1 Å². The number of hydrogen-bond acceptors (Lipinski definition) is 6. The molecule has 0 aromatic carbocycles. The summed E-state index contributed by atoms with van der Waals surface area (Å²) in [5.74, 6) is 1.97. The number of aromatic nitrogens is 2. The molecule has 0 unspecified atom stereocenters. The fraction of sp³-hybridized carbons (Fsp3) is 0.800. The lowest BCUT2D eigenvalue weighted by Gasteiger charge is -2.34. The van der Waals surface area contributed by atoms with Gasteiger partial charge in [-0.3, -0.25) is 0 Å². The average Bonchev–Trinajstić information content (AvgIpc) is 3.12. The second-order valence-electron chi connectivity index (χ2n) is 8.32. The summed E-state index contributed by atoms with van der Waals surface area (Å²) < 4.78 is 13.3. The van der Waals surface area contributed by atoms with Crippen LogP contribution in [-0.4, -0.2) is 67.5 Å². The molecular formula is C20H33FN6. The Labute approximate surface area is 161 Å². The Hall–Kier alpha value is -1.47. The number of nitrogens with zero attached hydrogens (tertiary/aromatic N) is 4. The molecule has 0 aliphatic carbocycles. The molecule has 1 aromatic rings. The van der Waals surface area contributed by atoms with E-state index in [1.54, 1.807) is 0 Å². The number of halogens is 1. The van der Waals surface area contributed by atoms with E-state index in [4.69, 9.17) is 4.98 Å². The van der Waals surface area contributed by atoms with Crippen molar-refractivity contribution in [3.63, 3.8) is 0 Å². The van der Waals surface area contributed by atoms with Crippen molar-refractivity contribution in [3.8, 4) is 0 Å². The van der Waals surface area contributed by atoms with E-state index in [0.717, 1.165) is 63.0 Å². The highest BCUT2D eigenvalue weighted by Gasteiger charge is 2.26. The zero-order chi connectivity index (χ0) is 18.6. The van der Waals surface area contributed by atoms with Gasteiger partial charge in [0.2, 0.25) is 5.95 Å². The predicted octanol–water partition coefficient (Wildman–Crippen LogP) is 2.03. The second-order valence-corrected chi connectivity index (χ2v) is 8.32. The van der Waals surface area contributed by atoms with Crippen molar-refractivity contribution in [1.82, 2.24) is 20.6 Å². The van der Waals surface area contributed by atoms with Crippen molar-refractivity contribution in [3.05, 3.63) is 11.8 Å². The number of hydrogen-bond donors (Lipinski definition) is 2. The maximum atomic E-state index is 13.3. The van der Waals surface area contributed by atoms with Gasteiger partial charge in [0.05, 0.1) is 0 Å². The third-order valence-electron chi connectivity index (χ3n) is 6.11. The van der Waals surface area contributed by atoms with Gasteiger partial charge in [-0.1, -0.05) is 0 Å². The Kier molecular flexibility index (Phi) is 6.08.